The molecular weight excluding hydrogens is 1120 g/mol. The molecule has 0 radical (unpaired) electrons. The van der Waals surface area contributed by atoms with E-state index in [1.54, 1.807) is 24.3 Å². The summed E-state index contributed by atoms with van der Waals surface area (Å²) >= 11 is 0. The quantitative estimate of drug-likeness (QED) is 0.0322. The maximum absolute atomic E-state index is 11.9. The average Bonchev–Trinajstić information content (AvgIpc) is 1.95. The van der Waals surface area contributed by atoms with E-state index < -0.39 is 5.97 Å². The average molecular weight is 1210 g/mol. The summed E-state index contributed by atoms with van der Waals surface area (Å²) in [4.78, 5) is 36.7. The molecule has 8 bridgehead atoms. The maximum atomic E-state index is 11.9. The zero-order valence-corrected chi connectivity index (χ0v) is 54.8. The zero-order valence-electron chi connectivity index (χ0n) is 51.9. The van der Waals surface area contributed by atoms with E-state index in [0.29, 0.717) is 46.8 Å². The van der Waals surface area contributed by atoms with Crippen molar-refractivity contribution in [3.05, 3.63) is 195 Å². The second-order valence-electron chi connectivity index (χ2n) is 22.9. The Balaban J connectivity index is 0.00000902. The van der Waals surface area contributed by atoms with E-state index in [1.165, 1.54) is 49.7 Å². The normalized spacial score (nSPS) is 11.5. The number of ether oxygens (including phenoxy) is 2. The van der Waals surface area contributed by atoms with E-state index in [4.69, 9.17) is 29.4 Å². The number of nitrogens with zero attached hydrogens (tertiary/aromatic N) is 5. The number of carboxylic acids is 1. The first kappa shape index (κ1) is 63.3. The van der Waals surface area contributed by atoms with Gasteiger partial charge in [-0.1, -0.05) is 164 Å². The molecule has 2 aliphatic heterocycles. The van der Waals surface area contributed by atoms with Gasteiger partial charge in [-0.15, -0.1) is 22.1 Å². The summed E-state index contributed by atoms with van der Waals surface area (Å²) in [6, 6.07) is 45.9. The van der Waals surface area contributed by atoms with Crippen molar-refractivity contribution in [2.45, 2.75) is 144 Å². The van der Waals surface area contributed by atoms with E-state index in [-0.39, 0.29) is 25.0 Å². The molecule has 0 saturated carbocycles. The largest absolute Gasteiger partial charge is 2.00 e. The van der Waals surface area contributed by atoms with Crippen LogP contribution in [0.4, 0.5) is 17.1 Å². The molecule has 8 aromatic rings. The second kappa shape index (κ2) is 30.9. The van der Waals surface area contributed by atoms with Crippen LogP contribution >= 0.6 is 0 Å². The van der Waals surface area contributed by atoms with Gasteiger partial charge in [0.15, 0.2) is 0 Å². The molecule has 440 valence electrons. The van der Waals surface area contributed by atoms with Gasteiger partial charge in [0, 0.05) is 22.5 Å². The molecule has 5 heterocycles. The van der Waals surface area contributed by atoms with Gasteiger partial charge in [-0.25, -0.2) is 14.8 Å². The number of aromatic nitrogens is 4. The van der Waals surface area contributed by atoms with Crippen molar-refractivity contribution < 1.29 is 38.9 Å². The molecule has 10 heteroatoms. The third-order valence-corrected chi connectivity index (χ3v) is 16.0. The van der Waals surface area contributed by atoms with Crippen LogP contribution in [0.1, 0.15) is 184 Å². The molecule has 5 aromatic carbocycles. The van der Waals surface area contributed by atoms with Crippen molar-refractivity contribution in [2.24, 2.45) is 0 Å². The Morgan fingerprint density at radius 2 is 0.931 bits per heavy atom. The fourth-order valence-corrected chi connectivity index (χ4v) is 11.4. The third kappa shape index (κ3) is 16.0. The minimum Gasteiger partial charge on any atom is -0.656 e. The van der Waals surface area contributed by atoms with Gasteiger partial charge < -0.3 is 29.4 Å². The molecule has 2 aliphatic rings. The minimum atomic E-state index is -0.995. The monoisotopic (exact) mass is 1200 g/mol. The molecule has 9 nitrogen and oxygen atoms in total. The van der Waals surface area contributed by atoms with Gasteiger partial charge in [0.2, 0.25) is 0 Å². The summed E-state index contributed by atoms with van der Waals surface area (Å²) < 4.78 is 13.0. The van der Waals surface area contributed by atoms with E-state index in [2.05, 4.69) is 180 Å². The topological polar surface area (TPSA) is 113 Å². The molecule has 0 saturated heterocycles. The van der Waals surface area contributed by atoms with Crippen LogP contribution in [0.3, 0.4) is 0 Å². The molecule has 0 unspecified atom stereocenters. The van der Waals surface area contributed by atoms with E-state index >= 15 is 0 Å². The van der Waals surface area contributed by atoms with Crippen LogP contribution in [0.15, 0.2) is 133 Å². The number of hydrogen-bond donors (Lipinski definition) is 1. The van der Waals surface area contributed by atoms with Gasteiger partial charge in [0.1, 0.15) is 11.5 Å². The number of hydrogen-bond acceptors (Lipinski definition) is 6. The summed E-state index contributed by atoms with van der Waals surface area (Å²) in [6.45, 7) is 14.4. The van der Waals surface area contributed by atoms with Crippen LogP contribution in [-0.2, 0) is 32.3 Å². The smallest absolute Gasteiger partial charge is 0.656 e. The van der Waals surface area contributed by atoms with Gasteiger partial charge in [-0.3, -0.25) is 0 Å². The van der Waals surface area contributed by atoms with Crippen LogP contribution < -0.4 is 24.3 Å². The molecule has 3 aromatic heterocycles. The fourth-order valence-electron chi connectivity index (χ4n) is 11.4. The third-order valence-electron chi connectivity index (χ3n) is 16.0. The number of carboxylic acid groups (broad SMARTS) is 1. The Morgan fingerprint density at radius 1 is 0.483 bits per heavy atom. The Hall–Kier alpha value is -8.25. The van der Waals surface area contributed by atoms with Crippen LogP contribution in [0.5, 0.6) is 11.5 Å². The molecule has 1 N–H and O–H groups in total. The fraction of sp³-hybridized carbons (Fsp3) is 0.312. The standard InChI is InChI=1S/C77H82N5O4.Zn/c1-7-11-15-17-21-55-25-32-61(33-26-55)82(62-34-27-56(28-35-62)22-18-16-12-8-2)76-72-43-41-70(80-72)74(59-47-53(5)49-63(51-59)85-45-19-13-9-3)68-39-37-66(78-68)65(36-29-57-23-30-58(31-24-57)77(83)84)67-38-40-69(79-67)75(71-42-44-73(76)81-71)60-48-54(6)50-64(52-60)86-46-20-14-10-4;/h23-28,30-35,37-44,47-52H,7-22,45-46H2,1-6H3,(H2-,78,79,80,81,83,84);/q-1;+2/p-1. The molecule has 0 fully saturated rings. The maximum Gasteiger partial charge on any atom is 2.00 e. The molecule has 0 spiro atoms. The summed E-state index contributed by atoms with van der Waals surface area (Å²) in [5, 5.41) is 9.71. The summed E-state index contributed by atoms with van der Waals surface area (Å²) in [5.41, 5.74) is 18.3. The predicted molar refractivity (Wildman–Crippen MR) is 357 cm³/mol. The van der Waals surface area contributed by atoms with E-state index in [0.717, 1.165) is 149 Å². The van der Waals surface area contributed by atoms with Crippen LogP contribution in [0.2, 0.25) is 0 Å². The molecule has 0 aliphatic carbocycles. The van der Waals surface area contributed by atoms with Crippen molar-refractivity contribution >= 4 is 69.4 Å². The van der Waals surface area contributed by atoms with Crippen molar-refractivity contribution in [2.75, 3.05) is 18.1 Å². The van der Waals surface area contributed by atoms with Gasteiger partial charge in [-0.05, 0) is 194 Å². The predicted octanol–water partition coefficient (Wildman–Crippen LogP) is 19.8. The molecule has 10 rings (SSSR count). The number of fused-ring (bicyclic) bond motifs is 8. The second-order valence-corrected chi connectivity index (χ2v) is 22.9. The molecule has 87 heavy (non-hydrogen) atoms. The first-order valence-electron chi connectivity index (χ1n) is 31.5. The minimum absolute atomic E-state index is 0. The molecular formula is C77H81N5O4Zn. The van der Waals surface area contributed by atoms with E-state index in [1.807, 2.05) is 12.1 Å². The van der Waals surface area contributed by atoms with Gasteiger partial charge >= 0.3 is 25.4 Å². The number of rotatable bonds is 26. The number of aryl methyl sites for hydroxylation is 4. The van der Waals surface area contributed by atoms with Gasteiger partial charge in [0.05, 0.1) is 47.2 Å². The Labute approximate surface area is 528 Å². The molecule has 0 atom stereocenters. The number of aromatic carboxylic acids is 1. The van der Waals surface area contributed by atoms with Gasteiger partial charge in [0.25, 0.3) is 0 Å². The van der Waals surface area contributed by atoms with Crippen LogP contribution in [0, 0.1) is 25.7 Å². The summed E-state index contributed by atoms with van der Waals surface area (Å²) in [7, 11) is 0. The Bertz CT molecular complexity index is 3840. The summed E-state index contributed by atoms with van der Waals surface area (Å²) in [5.74, 6) is 7.40. The number of carbonyl (C=O) groups is 1. The van der Waals surface area contributed by atoms with Crippen LogP contribution in [0.25, 0.3) is 68.6 Å². The first-order chi connectivity index (χ1) is 42.1. The summed E-state index contributed by atoms with van der Waals surface area (Å²) in [6.07, 6.45) is 26.3. The molecule has 0 amide bonds. The van der Waals surface area contributed by atoms with Crippen molar-refractivity contribution in [3.8, 4) is 45.6 Å². The number of anilines is 3. The van der Waals surface area contributed by atoms with Crippen LogP contribution in [-0.4, -0.2) is 34.3 Å². The number of unbranched alkanes of at least 4 members (excludes halogenated alkanes) is 10. The van der Waals surface area contributed by atoms with Crippen molar-refractivity contribution in [1.29, 1.82) is 0 Å². The van der Waals surface area contributed by atoms with Gasteiger partial charge in [-0.2, -0.15) is 0 Å². The Morgan fingerprint density at radius 3 is 1.44 bits per heavy atom. The first-order valence-corrected chi connectivity index (χ1v) is 31.5. The Kier molecular flexibility index (Phi) is 22.5. The van der Waals surface area contributed by atoms with E-state index in [9.17, 15) is 9.90 Å². The SMILES string of the molecule is CCCCCCc1ccc(N(c2ccc(CCCCCC)cc2)c2c3nc(c(-c4cc(C)cc(OCCCCC)c4)c4ccc([n-]4)c(C#Cc4ccc(C(=O)O)cc4)c4nc(c(-c5cc(C)cc(OCCCCC)c5)c5ccc2[n-]5)C=C4)C=C3)cc1.[Zn+2]. The van der Waals surface area contributed by atoms with Crippen molar-refractivity contribution in [3.63, 3.8) is 0 Å². The zero-order chi connectivity index (χ0) is 59.8. The number of benzene rings is 5. The van der Waals surface area contributed by atoms with Crippen molar-refractivity contribution in [1.82, 2.24) is 19.9 Å².